The van der Waals surface area contributed by atoms with E-state index in [0.29, 0.717) is 23.7 Å². The van der Waals surface area contributed by atoms with Crippen LogP contribution in [0, 0.1) is 5.82 Å². The van der Waals surface area contributed by atoms with Crippen LogP contribution in [0.2, 0.25) is 0 Å². The molecular weight excluding hydrogens is 495 g/mol. The van der Waals surface area contributed by atoms with E-state index in [2.05, 4.69) is 21.2 Å². The second kappa shape index (κ2) is 9.50. The van der Waals surface area contributed by atoms with Gasteiger partial charge in [0.25, 0.3) is 5.91 Å². The monoisotopic (exact) mass is 512 g/mol. The maximum absolute atomic E-state index is 13.2. The van der Waals surface area contributed by atoms with Gasteiger partial charge in [0.05, 0.1) is 12.8 Å². The van der Waals surface area contributed by atoms with Gasteiger partial charge in [-0.25, -0.2) is 4.39 Å². The lowest BCUT2D eigenvalue weighted by Gasteiger charge is -2.13. The molecule has 1 amide bonds. The van der Waals surface area contributed by atoms with Crippen molar-refractivity contribution in [3.05, 3.63) is 93.8 Å². The van der Waals surface area contributed by atoms with Crippen molar-refractivity contribution in [3.63, 3.8) is 0 Å². The molecule has 32 heavy (non-hydrogen) atoms. The molecule has 0 aliphatic carbocycles. The summed E-state index contributed by atoms with van der Waals surface area (Å²) in [4.78, 5) is 14.2. The molecule has 1 heterocycles. The smallest absolute Gasteiger partial charge is 0.281 e. The van der Waals surface area contributed by atoms with E-state index in [-0.39, 0.29) is 16.8 Å². The first-order valence-corrected chi connectivity index (χ1v) is 10.8. The lowest BCUT2D eigenvalue weighted by atomic mass is 10.1. The lowest BCUT2D eigenvalue weighted by Crippen LogP contribution is -2.30. The van der Waals surface area contributed by atoms with Crippen LogP contribution in [-0.4, -0.2) is 18.1 Å². The zero-order valence-electron chi connectivity index (χ0n) is 17.0. The number of amides is 1. The van der Waals surface area contributed by atoms with E-state index in [1.807, 2.05) is 42.5 Å². The number of hydrogen-bond acceptors (Lipinski definition) is 4. The van der Waals surface area contributed by atoms with Crippen molar-refractivity contribution < 1.29 is 18.7 Å². The summed E-state index contributed by atoms with van der Waals surface area (Å²) >= 11 is 8.71. The zero-order chi connectivity index (χ0) is 22.7. The Labute approximate surface area is 198 Å². The minimum Gasteiger partial charge on any atom is -0.496 e. The van der Waals surface area contributed by atoms with Gasteiger partial charge in [-0.3, -0.25) is 9.69 Å². The Hall–Kier alpha value is -3.23. The van der Waals surface area contributed by atoms with Crippen molar-refractivity contribution in [3.8, 4) is 11.5 Å². The normalized spacial score (nSPS) is 14.6. The molecular formula is C24H18BrFN2O3S. The van der Waals surface area contributed by atoms with E-state index >= 15 is 0 Å². The molecule has 3 aromatic rings. The molecule has 0 aromatic heterocycles. The van der Waals surface area contributed by atoms with Gasteiger partial charge in [0.1, 0.15) is 29.6 Å². The van der Waals surface area contributed by atoms with Crippen LogP contribution in [0.3, 0.4) is 0 Å². The van der Waals surface area contributed by atoms with E-state index < -0.39 is 0 Å². The van der Waals surface area contributed by atoms with Crippen LogP contribution in [0.15, 0.2) is 76.9 Å². The maximum atomic E-state index is 13.2. The number of ether oxygens (including phenoxy) is 2. The molecule has 1 fully saturated rings. The van der Waals surface area contributed by atoms with Crippen LogP contribution < -0.4 is 19.7 Å². The van der Waals surface area contributed by atoms with Gasteiger partial charge < -0.3 is 14.8 Å². The van der Waals surface area contributed by atoms with Crippen molar-refractivity contribution in [1.82, 2.24) is 5.32 Å². The number of thiocarbonyl (C=S) groups is 1. The molecule has 0 saturated carbocycles. The van der Waals surface area contributed by atoms with Crippen LogP contribution in [0.4, 0.5) is 10.1 Å². The number of benzene rings is 3. The fourth-order valence-electron chi connectivity index (χ4n) is 3.22. The predicted octanol–water partition coefficient (Wildman–Crippen LogP) is 5.44. The molecule has 1 aliphatic heterocycles. The molecule has 0 unspecified atom stereocenters. The molecule has 4 rings (SSSR count). The highest BCUT2D eigenvalue weighted by Crippen LogP contribution is 2.26. The first kappa shape index (κ1) is 22.0. The van der Waals surface area contributed by atoms with Crippen LogP contribution >= 0.6 is 28.1 Å². The first-order valence-electron chi connectivity index (χ1n) is 9.62. The number of anilines is 1. The third-order valence-corrected chi connectivity index (χ3v) is 5.60. The Balaban J connectivity index is 1.56. The van der Waals surface area contributed by atoms with Gasteiger partial charge >= 0.3 is 0 Å². The molecule has 8 heteroatoms. The minimum atomic E-state index is -0.383. The highest BCUT2D eigenvalue weighted by atomic mass is 79.9. The van der Waals surface area contributed by atoms with Gasteiger partial charge in [0.15, 0.2) is 5.11 Å². The van der Waals surface area contributed by atoms with Crippen molar-refractivity contribution in [1.29, 1.82) is 0 Å². The van der Waals surface area contributed by atoms with E-state index in [4.69, 9.17) is 21.7 Å². The van der Waals surface area contributed by atoms with Crippen LogP contribution in [-0.2, 0) is 11.4 Å². The summed E-state index contributed by atoms with van der Waals surface area (Å²) in [5.41, 5.74) is 2.42. The Kier molecular flexibility index (Phi) is 6.53. The summed E-state index contributed by atoms with van der Waals surface area (Å²) in [6.45, 7) is 0.295. The van der Waals surface area contributed by atoms with E-state index in [1.165, 1.54) is 29.2 Å². The summed E-state index contributed by atoms with van der Waals surface area (Å²) in [6, 6.07) is 18.7. The molecule has 1 saturated heterocycles. The molecule has 0 radical (unpaired) electrons. The second-order valence-corrected chi connectivity index (χ2v) is 8.22. The molecule has 0 spiro atoms. The highest BCUT2D eigenvalue weighted by Gasteiger charge is 2.31. The fraction of sp³-hybridized carbons (Fsp3) is 0.0833. The average Bonchev–Trinajstić information content (AvgIpc) is 3.07. The summed E-state index contributed by atoms with van der Waals surface area (Å²) in [5, 5.41) is 3.17. The largest absolute Gasteiger partial charge is 0.496 e. The molecule has 0 atom stereocenters. The van der Waals surface area contributed by atoms with E-state index in [1.54, 1.807) is 13.2 Å². The molecule has 162 valence electrons. The number of rotatable bonds is 6. The molecule has 3 aromatic carbocycles. The summed E-state index contributed by atoms with van der Waals surface area (Å²) in [6.07, 6.45) is 1.71. The maximum Gasteiger partial charge on any atom is 0.281 e. The number of nitrogens with one attached hydrogen (secondary N) is 1. The number of nitrogens with zero attached hydrogens (tertiary/aromatic N) is 1. The Morgan fingerprint density at radius 1 is 1.09 bits per heavy atom. The third kappa shape index (κ3) is 4.81. The zero-order valence-corrected chi connectivity index (χ0v) is 19.4. The SMILES string of the molecule is COc1ccc(/C=C2/NC(=S)N(c3ccc(F)cc3)C2=O)cc1COc1ccc(Br)cc1. The van der Waals surface area contributed by atoms with Crippen molar-refractivity contribution in [2.24, 2.45) is 0 Å². The molecule has 1 aliphatic rings. The number of carbonyl (C=O) groups is 1. The van der Waals surface area contributed by atoms with Crippen molar-refractivity contribution >= 4 is 50.9 Å². The first-order chi connectivity index (χ1) is 15.4. The Bertz CT molecular complexity index is 1200. The topological polar surface area (TPSA) is 50.8 Å². The van der Waals surface area contributed by atoms with Gasteiger partial charge in [-0.1, -0.05) is 22.0 Å². The van der Waals surface area contributed by atoms with Gasteiger partial charge in [-0.05, 0) is 84.5 Å². The van der Waals surface area contributed by atoms with Gasteiger partial charge in [0.2, 0.25) is 0 Å². The standard InChI is InChI=1S/C24H18BrFN2O3S/c1-30-22-11-2-15(12-16(22)14-31-20-9-3-17(25)4-10-20)13-21-23(29)28(24(32)27-21)19-7-5-18(26)6-8-19/h2-13H,14H2,1H3,(H,27,32)/b21-13+. The van der Waals surface area contributed by atoms with Gasteiger partial charge in [0, 0.05) is 10.0 Å². The summed E-state index contributed by atoms with van der Waals surface area (Å²) in [5.74, 6) is 0.710. The molecule has 0 bridgehead atoms. The second-order valence-electron chi connectivity index (χ2n) is 6.92. The van der Waals surface area contributed by atoms with Crippen molar-refractivity contribution in [2.45, 2.75) is 6.61 Å². The van der Waals surface area contributed by atoms with Crippen LogP contribution in [0.25, 0.3) is 6.08 Å². The summed E-state index contributed by atoms with van der Waals surface area (Å²) < 4.78 is 25.5. The quantitative estimate of drug-likeness (QED) is 0.352. The van der Waals surface area contributed by atoms with Crippen LogP contribution in [0.5, 0.6) is 11.5 Å². The Morgan fingerprint density at radius 3 is 2.50 bits per heavy atom. The van der Waals surface area contributed by atoms with E-state index in [0.717, 1.165) is 21.3 Å². The third-order valence-electron chi connectivity index (χ3n) is 4.79. The van der Waals surface area contributed by atoms with Gasteiger partial charge in [-0.2, -0.15) is 0 Å². The van der Waals surface area contributed by atoms with Crippen molar-refractivity contribution in [2.75, 3.05) is 12.0 Å². The minimum absolute atomic E-state index is 0.236. The van der Waals surface area contributed by atoms with Crippen LogP contribution in [0.1, 0.15) is 11.1 Å². The predicted molar refractivity (Wildman–Crippen MR) is 129 cm³/mol. The average molecular weight is 513 g/mol. The Morgan fingerprint density at radius 2 is 1.81 bits per heavy atom. The number of methoxy groups -OCH3 is 1. The lowest BCUT2D eigenvalue weighted by molar-refractivity contribution is -0.113. The highest BCUT2D eigenvalue weighted by molar-refractivity contribution is 9.10. The number of halogens is 2. The van der Waals surface area contributed by atoms with Gasteiger partial charge in [-0.15, -0.1) is 0 Å². The fourth-order valence-corrected chi connectivity index (χ4v) is 3.78. The van der Waals surface area contributed by atoms with E-state index in [9.17, 15) is 9.18 Å². The number of carbonyl (C=O) groups excluding carboxylic acids is 1. The molecule has 5 nitrogen and oxygen atoms in total. The number of hydrogen-bond donors (Lipinski definition) is 1. The summed E-state index contributed by atoms with van der Waals surface area (Å²) in [7, 11) is 1.59. The molecule has 1 N–H and O–H groups in total.